The zero-order chi connectivity index (χ0) is 11.8. The summed E-state index contributed by atoms with van der Waals surface area (Å²) in [6.07, 6.45) is 8.72. The maximum absolute atomic E-state index is 11.7. The Balaban J connectivity index is 2.25. The fourth-order valence-corrected chi connectivity index (χ4v) is 3.18. The molecule has 0 saturated heterocycles. The number of hydrogen-bond donors (Lipinski definition) is 2. The Morgan fingerprint density at radius 3 is 2.81 bits per heavy atom. The molecule has 2 unspecified atom stereocenters. The first-order chi connectivity index (χ1) is 7.77. The van der Waals surface area contributed by atoms with Crippen LogP contribution in [-0.2, 0) is 4.79 Å². The summed E-state index contributed by atoms with van der Waals surface area (Å²) in [6.45, 7) is 0.921. The van der Waals surface area contributed by atoms with E-state index in [2.05, 4.69) is 16.9 Å². The van der Waals surface area contributed by atoms with E-state index in [0.29, 0.717) is 17.7 Å². The number of carbonyl (C=O) groups excluding carboxylic acids is 1. The first-order valence-corrected chi connectivity index (χ1v) is 7.53. The lowest BCUT2D eigenvalue weighted by molar-refractivity contribution is -0.122. The molecule has 1 aliphatic carbocycles. The lowest BCUT2D eigenvalue weighted by atomic mass is 9.94. The normalized spacial score (nSPS) is 25.4. The number of thioether (sulfide) groups is 1. The van der Waals surface area contributed by atoms with Gasteiger partial charge >= 0.3 is 0 Å². The molecule has 94 valence electrons. The van der Waals surface area contributed by atoms with Gasteiger partial charge < -0.3 is 10.6 Å². The van der Waals surface area contributed by atoms with Gasteiger partial charge in [-0.15, -0.1) is 0 Å². The summed E-state index contributed by atoms with van der Waals surface area (Å²) >= 11 is 1.90. The highest BCUT2D eigenvalue weighted by Gasteiger charge is 2.25. The van der Waals surface area contributed by atoms with Gasteiger partial charge in [-0.3, -0.25) is 4.79 Å². The SMILES string of the molecule is CNCCCC(=O)NC1CCCCC1SC. The van der Waals surface area contributed by atoms with Gasteiger partial charge in [0, 0.05) is 17.7 Å². The molecule has 0 aromatic carbocycles. The molecule has 2 atom stereocenters. The molecule has 2 N–H and O–H groups in total. The van der Waals surface area contributed by atoms with Gasteiger partial charge in [-0.1, -0.05) is 12.8 Å². The predicted molar refractivity (Wildman–Crippen MR) is 70.9 cm³/mol. The third-order valence-electron chi connectivity index (χ3n) is 3.18. The molecule has 0 spiro atoms. The molecular weight excluding hydrogens is 220 g/mol. The predicted octanol–water partition coefficient (Wildman–Crippen LogP) is 1.78. The third-order valence-corrected chi connectivity index (χ3v) is 4.35. The average molecular weight is 244 g/mol. The van der Waals surface area contributed by atoms with Crippen LogP contribution in [0.5, 0.6) is 0 Å². The Morgan fingerprint density at radius 2 is 2.12 bits per heavy atom. The van der Waals surface area contributed by atoms with Gasteiger partial charge in [-0.25, -0.2) is 0 Å². The second kappa shape index (κ2) is 7.96. The topological polar surface area (TPSA) is 41.1 Å². The summed E-state index contributed by atoms with van der Waals surface area (Å²) in [5, 5.41) is 6.88. The van der Waals surface area contributed by atoms with E-state index in [1.165, 1.54) is 19.3 Å². The molecule has 0 aliphatic heterocycles. The zero-order valence-corrected chi connectivity index (χ0v) is 11.2. The molecule has 1 saturated carbocycles. The van der Waals surface area contributed by atoms with Crippen LogP contribution in [0.1, 0.15) is 38.5 Å². The first kappa shape index (κ1) is 13.8. The van der Waals surface area contributed by atoms with E-state index in [9.17, 15) is 4.79 Å². The molecular formula is C12H24N2OS. The van der Waals surface area contributed by atoms with Gasteiger partial charge in [0.25, 0.3) is 0 Å². The van der Waals surface area contributed by atoms with E-state index in [0.717, 1.165) is 19.4 Å². The monoisotopic (exact) mass is 244 g/mol. The Hall–Kier alpha value is -0.220. The van der Waals surface area contributed by atoms with Crippen molar-refractivity contribution in [3.8, 4) is 0 Å². The van der Waals surface area contributed by atoms with E-state index >= 15 is 0 Å². The van der Waals surface area contributed by atoms with Crippen molar-refractivity contribution in [3.63, 3.8) is 0 Å². The molecule has 1 rings (SSSR count). The van der Waals surface area contributed by atoms with Crippen LogP contribution in [0.15, 0.2) is 0 Å². The Morgan fingerprint density at radius 1 is 1.38 bits per heavy atom. The molecule has 0 aromatic heterocycles. The molecule has 1 amide bonds. The number of hydrogen-bond acceptors (Lipinski definition) is 3. The largest absolute Gasteiger partial charge is 0.352 e. The van der Waals surface area contributed by atoms with Crippen molar-refractivity contribution in [2.45, 2.75) is 49.8 Å². The van der Waals surface area contributed by atoms with Crippen LogP contribution in [0.2, 0.25) is 0 Å². The molecule has 4 heteroatoms. The van der Waals surface area contributed by atoms with Crippen molar-refractivity contribution >= 4 is 17.7 Å². The van der Waals surface area contributed by atoms with E-state index in [4.69, 9.17) is 0 Å². The van der Waals surface area contributed by atoms with Crippen LogP contribution < -0.4 is 10.6 Å². The molecule has 0 bridgehead atoms. The van der Waals surface area contributed by atoms with Crippen molar-refractivity contribution in [2.24, 2.45) is 0 Å². The van der Waals surface area contributed by atoms with Gasteiger partial charge in [0.15, 0.2) is 0 Å². The molecule has 0 heterocycles. The molecule has 1 fully saturated rings. The number of rotatable bonds is 6. The van der Waals surface area contributed by atoms with Crippen molar-refractivity contribution < 1.29 is 4.79 Å². The highest BCUT2D eigenvalue weighted by atomic mass is 32.2. The number of carbonyl (C=O) groups is 1. The van der Waals surface area contributed by atoms with Gasteiger partial charge in [0.1, 0.15) is 0 Å². The molecule has 0 aromatic rings. The summed E-state index contributed by atoms with van der Waals surface area (Å²) in [4.78, 5) is 11.7. The van der Waals surface area contributed by atoms with Gasteiger partial charge in [0.2, 0.25) is 5.91 Å². The maximum Gasteiger partial charge on any atom is 0.220 e. The fraction of sp³-hybridized carbons (Fsp3) is 0.917. The van der Waals surface area contributed by atoms with Gasteiger partial charge in [-0.2, -0.15) is 11.8 Å². The quantitative estimate of drug-likeness (QED) is 0.700. The summed E-state index contributed by atoms with van der Waals surface area (Å²) in [5.41, 5.74) is 0. The minimum atomic E-state index is 0.223. The second-order valence-electron chi connectivity index (χ2n) is 4.44. The van der Waals surface area contributed by atoms with Crippen molar-refractivity contribution in [1.29, 1.82) is 0 Å². The molecule has 1 aliphatic rings. The summed E-state index contributed by atoms with van der Waals surface area (Å²) < 4.78 is 0. The Labute approximate surface area is 103 Å². The standard InChI is InChI=1S/C12H24N2OS/c1-13-9-5-8-12(15)14-10-6-3-4-7-11(10)16-2/h10-11,13H,3-9H2,1-2H3,(H,14,15). The molecule has 16 heavy (non-hydrogen) atoms. The van der Waals surface area contributed by atoms with Gasteiger partial charge in [0.05, 0.1) is 0 Å². The fourth-order valence-electron chi connectivity index (χ4n) is 2.25. The third kappa shape index (κ3) is 4.74. The average Bonchev–Trinajstić information content (AvgIpc) is 2.30. The zero-order valence-electron chi connectivity index (χ0n) is 10.4. The smallest absolute Gasteiger partial charge is 0.220 e. The van der Waals surface area contributed by atoms with Gasteiger partial charge in [-0.05, 0) is 39.1 Å². The number of nitrogens with one attached hydrogen (secondary N) is 2. The first-order valence-electron chi connectivity index (χ1n) is 6.24. The van der Waals surface area contributed by atoms with E-state index in [1.54, 1.807) is 0 Å². The van der Waals surface area contributed by atoms with Crippen LogP contribution in [0, 0.1) is 0 Å². The lowest BCUT2D eigenvalue weighted by Gasteiger charge is -2.30. The maximum atomic E-state index is 11.7. The lowest BCUT2D eigenvalue weighted by Crippen LogP contribution is -2.43. The van der Waals surface area contributed by atoms with Crippen LogP contribution in [0.3, 0.4) is 0 Å². The highest BCUT2D eigenvalue weighted by molar-refractivity contribution is 7.99. The van der Waals surface area contributed by atoms with Crippen LogP contribution in [0.25, 0.3) is 0 Å². The summed E-state index contributed by atoms with van der Waals surface area (Å²) in [5.74, 6) is 0.223. The van der Waals surface area contributed by atoms with E-state index in [1.807, 2.05) is 18.8 Å². The van der Waals surface area contributed by atoms with Crippen LogP contribution >= 0.6 is 11.8 Å². The van der Waals surface area contributed by atoms with Crippen molar-refractivity contribution in [2.75, 3.05) is 19.8 Å². The van der Waals surface area contributed by atoms with E-state index in [-0.39, 0.29) is 5.91 Å². The Bertz CT molecular complexity index is 211. The summed E-state index contributed by atoms with van der Waals surface area (Å²) in [6, 6.07) is 0.408. The molecule has 0 radical (unpaired) electrons. The highest BCUT2D eigenvalue weighted by Crippen LogP contribution is 2.27. The summed E-state index contributed by atoms with van der Waals surface area (Å²) in [7, 11) is 1.92. The van der Waals surface area contributed by atoms with Crippen LogP contribution in [-0.4, -0.2) is 37.0 Å². The van der Waals surface area contributed by atoms with Crippen LogP contribution in [0.4, 0.5) is 0 Å². The minimum Gasteiger partial charge on any atom is -0.352 e. The van der Waals surface area contributed by atoms with E-state index < -0.39 is 0 Å². The second-order valence-corrected chi connectivity index (χ2v) is 5.52. The van der Waals surface area contributed by atoms with Crippen molar-refractivity contribution in [3.05, 3.63) is 0 Å². The molecule has 3 nitrogen and oxygen atoms in total. The Kier molecular flexibility index (Phi) is 6.88. The number of amides is 1. The minimum absolute atomic E-state index is 0.223. The van der Waals surface area contributed by atoms with Crippen molar-refractivity contribution in [1.82, 2.24) is 10.6 Å².